The van der Waals surface area contributed by atoms with Gasteiger partial charge in [-0.3, -0.25) is 14.2 Å². The number of nitrogens with one attached hydrogen (secondary N) is 1. The van der Waals surface area contributed by atoms with Crippen LogP contribution in [0, 0.1) is 0 Å². The van der Waals surface area contributed by atoms with Gasteiger partial charge >= 0.3 is 0 Å². The maximum atomic E-state index is 13.3. The Balaban J connectivity index is 1.36. The van der Waals surface area contributed by atoms with Crippen LogP contribution in [0.2, 0.25) is 5.02 Å². The van der Waals surface area contributed by atoms with Crippen LogP contribution in [0.1, 0.15) is 42.9 Å². The Morgan fingerprint density at radius 1 is 1.21 bits per heavy atom. The van der Waals surface area contributed by atoms with Crippen molar-refractivity contribution in [3.8, 4) is 0 Å². The van der Waals surface area contributed by atoms with Crippen molar-refractivity contribution in [2.75, 3.05) is 12.4 Å². The predicted octanol–water partition coefficient (Wildman–Crippen LogP) is 4.51. The molecule has 2 heterocycles. The average molecular weight is 484 g/mol. The highest BCUT2D eigenvalue weighted by Crippen LogP contribution is 2.30. The number of thioether (sulfide) groups is 1. The fourth-order valence-electron chi connectivity index (χ4n) is 4.71. The molecule has 33 heavy (non-hydrogen) atoms. The Kier molecular flexibility index (Phi) is 6.71. The summed E-state index contributed by atoms with van der Waals surface area (Å²) in [7, 11) is 0. The highest BCUT2D eigenvalue weighted by atomic mass is 35.5. The number of carbonyl (C=O) groups is 1. The van der Waals surface area contributed by atoms with Crippen molar-refractivity contribution in [2.24, 2.45) is 0 Å². The van der Waals surface area contributed by atoms with Gasteiger partial charge in [0.15, 0.2) is 5.16 Å². The Bertz CT molecular complexity index is 1240. The molecule has 2 aromatic carbocycles. The molecule has 0 spiro atoms. The molecule has 1 fully saturated rings. The lowest BCUT2D eigenvalue weighted by Gasteiger charge is -2.26. The topological polar surface area (TPSA) is 73.2 Å². The molecule has 2 aliphatic rings. The SMILES string of the molecule is O=C(CSc1nc2cc(Cl)ccc2c(=O)n1CC1CCCO1)NC1CCCc2ccccc21. The third-order valence-corrected chi connectivity index (χ3v) is 7.54. The van der Waals surface area contributed by atoms with Crippen molar-refractivity contribution < 1.29 is 9.53 Å². The summed E-state index contributed by atoms with van der Waals surface area (Å²) in [6, 6.07) is 13.4. The standard InChI is InChI=1S/C25H26ClN3O3S/c26-17-10-11-20-22(13-17)28-25(29(24(20)31)14-18-7-4-12-32-18)33-15-23(30)27-21-9-3-6-16-5-1-2-8-19(16)21/h1-2,5,8,10-11,13,18,21H,3-4,6-7,9,12,14-15H2,(H,27,30). The number of hydrogen-bond acceptors (Lipinski definition) is 5. The minimum absolute atomic E-state index is 0.0128. The van der Waals surface area contributed by atoms with E-state index in [0.717, 1.165) is 32.1 Å². The highest BCUT2D eigenvalue weighted by Gasteiger charge is 2.23. The second-order valence-electron chi connectivity index (χ2n) is 8.61. The number of aryl methyl sites for hydroxylation is 1. The summed E-state index contributed by atoms with van der Waals surface area (Å²) in [6.45, 7) is 1.15. The number of aromatic nitrogens is 2. The van der Waals surface area contributed by atoms with E-state index in [1.54, 1.807) is 22.8 Å². The van der Waals surface area contributed by atoms with Gasteiger partial charge in [0.1, 0.15) is 0 Å². The molecule has 0 bridgehead atoms. The molecular formula is C25H26ClN3O3S. The Hall–Kier alpha value is -2.35. The zero-order chi connectivity index (χ0) is 22.8. The average Bonchev–Trinajstić information content (AvgIpc) is 3.33. The Morgan fingerprint density at radius 2 is 2.09 bits per heavy atom. The summed E-state index contributed by atoms with van der Waals surface area (Å²) in [5.74, 6) is 0.119. The summed E-state index contributed by atoms with van der Waals surface area (Å²) >= 11 is 7.42. The first kappa shape index (κ1) is 22.4. The Morgan fingerprint density at radius 3 is 2.94 bits per heavy atom. The largest absolute Gasteiger partial charge is 0.376 e. The van der Waals surface area contributed by atoms with Crippen LogP contribution in [0.15, 0.2) is 52.4 Å². The van der Waals surface area contributed by atoms with Crippen molar-refractivity contribution in [2.45, 2.75) is 56.0 Å². The third kappa shape index (κ3) is 4.95. The molecule has 6 nitrogen and oxygen atoms in total. The maximum absolute atomic E-state index is 13.3. The van der Waals surface area contributed by atoms with Gasteiger partial charge in [0.05, 0.1) is 35.3 Å². The van der Waals surface area contributed by atoms with E-state index in [9.17, 15) is 9.59 Å². The van der Waals surface area contributed by atoms with E-state index in [0.29, 0.717) is 34.2 Å². The van der Waals surface area contributed by atoms with Crippen molar-refractivity contribution in [1.29, 1.82) is 0 Å². The van der Waals surface area contributed by atoms with Gasteiger partial charge in [-0.05, 0) is 61.4 Å². The number of rotatable bonds is 6. The number of ether oxygens (including phenoxy) is 1. The molecular weight excluding hydrogens is 458 g/mol. The summed E-state index contributed by atoms with van der Waals surface area (Å²) in [4.78, 5) is 30.8. The summed E-state index contributed by atoms with van der Waals surface area (Å²) in [5, 5.41) is 4.74. The van der Waals surface area contributed by atoms with Crippen molar-refractivity contribution in [3.05, 3.63) is 69.0 Å². The van der Waals surface area contributed by atoms with E-state index in [1.807, 2.05) is 12.1 Å². The number of carbonyl (C=O) groups excluding carboxylic acids is 1. The van der Waals surface area contributed by atoms with Crippen LogP contribution >= 0.6 is 23.4 Å². The van der Waals surface area contributed by atoms with E-state index >= 15 is 0 Å². The van der Waals surface area contributed by atoms with Crippen molar-refractivity contribution >= 4 is 40.2 Å². The Labute approximate surface area is 201 Å². The molecule has 2 atom stereocenters. The highest BCUT2D eigenvalue weighted by molar-refractivity contribution is 7.99. The van der Waals surface area contributed by atoms with Gasteiger partial charge in [-0.1, -0.05) is 47.6 Å². The second kappa shape index (κ2) is 9.87. The molecule has 1 aliphatic carbocycles. The van der Waals surface area contributed by atoms with Crippen LogP contribution in [0.3, 0.4) is 0 Å². The van der Waals surface area contributed by atoms with E-state index in [4.69, 9.17) is 21.3 Å². The lowest BCUT2D eigenvalue weighted by Crippen LogP contribution is -2.33. The summed E-state index contributed by atoms with van der Waals surface area (Å²) in [5.41, 5.74) is 2.92. The van der Waals surface area contributed by atoms with Crippen LogP contribution in [-0.2, 0) is 22.5 Å². The second-order valence-corrected chi connectivity index (χ2v) is 9.99. The van der Waals surface area contributed by atoms with E-state index in [1.165, 1.54) is 22.9 Å². The van der Waals surface area contributed by atoms with Gasteiger partial charge in [-0.15, -0.1) is 0 Å². The van der Waals surface area contributed by atoms with Crippen LogP contribution < -0.4 is 10.9 Å². The van der Waals surface area contributed by atoms with E-state index in [2.05, 4.69) is 17.4 Å². The number of hydrogen-bond donors (Lipinski definition) is 1. The van der Waals surface area contributed by atoms with Crippen LogP contribution in [-0.4, -0.2) is 33.9 Å². The molecule has 172 valence electrons. The molecule has 2 unspecified atom stereocenters. The van der Waals surface area contributed by atoms with Gasteiger partial charge in [0, 0.05) is 11.6 Å². The lowest BCUT2D eigenvalue weighted by atomic mass is 9.88. The normalized spacial score (nSPS) is 20.0. The molecule has 8 heteroatoms. The first-order chi connectivity index (χ1) is 16.1. The number of nitrogens with zero attached hydrogens (tertiary/aromatic N) is 2. The van der Waals surface area contributed by atoms with Crippen LogP contribution in [0.25, 0.3) is 10.9 Å². The molecule has 1 amide bonds. The fourth-order valence-corrected chi connectivity index (χ4v) is 5.69. The monoisotopic (exact) mass is 483 g/mol. The molecule has 1 aliphatic heterocycles. The van der Waals surface area contributed by atoms with Crippen molar-refractivity contribution in [3.63, 3.8) is 0 Å². The van der Waals surface area contributed by atoms with E-state index < -0.39 is 0 Å². The smallest absolute Gasteiger partial charge is 0.262 e. The first-order valence-corrected chi connectivity index (χ1v) is 12.8. The number of halogens is 1. The minimum atomic E-state index is -0.128. The molecule has 3 aromatic rings. The number of amides is 1. The lowest BCUT2D eigenvalue weighted by molar-refractivity contribution is -0.119. The quantitative estimate of drug-likeness (QED) is 0.412. The van der Waals surface area contributed by atoms with Crippen LogP contribution in [0.4, 0.5) is 0 Å². The van der Waals surface area contributed by atoms with Crippen molar-refractivity contribution in [1.82, 2.24) is 14.9 Å². The van der Waals surface area contributed by atoms with Gasteiger partial charge in [0.25, 0.3) is 5.56 Å². The predicted molar refractivity (Wildman–Crippen MR) is 131 cm³/mol. The van der Waals surface area contributed by atoms with E-state index in [-0.39, 0.29) is 29.4 Å². The third-order valence-electron chi connectivity index (χ3n) is 6.33. The summed E-state index contributed by atoms with van der Waals surface area (Å²) < 4.78 is 7.41. The van der Waals surface area contributed by atoms with Gasteiger partial charge < -0.3 is 10.1 Å². The van der Waals surface area contributed by atoms with Gasteiger partial charge in [-0.2, -0.15) is 0 Å². The molecule has 1 saturated heterocycles. The number of benzene rings is 2. The van der Waals surface area contributed by atoms with Crippen LogP contribution in [0.5, 0.6) is 0 Å². The minimum Gasteiger partial charge on any atom is -0.376 e. The van der Waals surface area contributed by atoms with Gasteiger partial charge in [-0.25, -0.2) is 4.98 Å². The molecule has 1 N–H and O–H groups in total. The zero-order valence-corrected chi connectivity index (χ0v) is 19.8. The van der Waals surface area contributed by atoms with Gasteiger partial charge in [0.2, 0.25) is 5.91 Å². The maximum Gasteiger partial charge on any atom is 0.262 e. The molecule has 1 aromatic heterocycles. The molecule has 0 radical (unpaired) electrons. The molecule has 0 saturated carbocycles. The summed E-state index contributed by atoms with van der Waals surface area (Å²) in [6.07, 6.45) is 4.94. The fraction of sp³-hybridized carbons (Fsp3) is 0.400. The first-order valence-electron chi connectivity index (χ1n) is 11.4. The zero-order valence-electron chi connectivity index (χ0n) is 18.3. The molecule has 5 rings (SSSR count). The number of fused-ring (bicyclic) bond motifs is 2.